The van der Waals surface area contributed by atoms with Crippen LogP contribution in [0.3, 0.4) is 0 Å². The van der Waals surface area contributed by atoms with Gasteiger partial charge in [-0.1, -0.05) is 36.0 Å². The van der Waals surface area contributed by atoms with Crippen LogP contribution in [-0.2, 0) is 6.61 Å². The van der Waals surface area contributed by atoms with E-state index in [0.717, 1.165) is 17.1 Å². The zero-order chi connectivity index (χ0) is 14.8. The molecule has 0 fully saturated rings. The molecule has 1 aliphatic rings. The van der Waals surface area contributed by atoms with Gasteiger partial charge in [0.2, 0.25) is 6.79 Å². The van der Waals surface area contributed by atoms with E-state index < -0.39 is 0 Å². The molecule has 0 aliphatic carbocycles. The maximum absolute atomic E-state index is 6.10. The second kappa shape index (κ2) is 5.79. The van der Waals surface area contributed by atoms with E-state index in [9.17, 15) is 0 Å². The predicted octanol–water partition coefficient (Wildman–Crippen LogP) is 3.28. The van der Waals surface area contributed by atoms with Crippen molar-refractivity contribution in [3.05, 3.63) is 52.5 Å². The third-order valence-electron chi connectivity index (χ3n) is 3.05. The molecule has 6 heteroatoms. The van der Waals surface area contributed by atoms with Gasteiger partial charge in [0.1, 0.15) is 17.3 Å². The van der Waals surface area contributed by atoms with Crippen LogP contribution in [0.25, 0.3) is 0 Å². The van der Waals surface area contributed by atoms with Gasteiger partial charge >= 0.3 is 0 Å². The number of nitrogens with two attached hydrogens (primary N) is 1. The number of benzene rings is 2. The maximum atomic E-state index is 6.10. The molecule has 2 aromatic rings. The Morgan fingerprint density at radius 2 is 2.05 bits per heavy atom. The van der Waals surface area contributed by atoms with Gasteiger partial charge in [-0.3, -0.25) is 0 Å². The Morgan fingerprint density at radius 1 is 1.24 bits per heavy atom. The van der Waals surface area contributed by atoms with Crippen LogP contribution in [-0.4, -0.2) is 11.8 Å². The molecule has 0 radical (unpaired) electrons. The highest BCUT2D eigenvalue weighted by Crippen LogP contribution is 2.33. The lowest BCUT2D eigenvalue weighted by Crippen LogP contribution is -2.12. The summed E-state index contributed by atoms with van der Waals surface area (Å²) >= 11 is 11.1. The molecule has 2 N–H and O–H groups in total. The summed E-state index contributed by atoms with van der Waals surface area (Å²) in [5.74, 6) is 2.02. The minimum absolute atomic E-state index is 0.210. The largest absolute Gasteiger partial charge is 0.488 e. The Hall–Kier alpha value is -1.98. The van der Waals surface area contributed by atoms with Gasteiger partial charge in [-0.25, -0.2) is 0 Å². The summed E-state index contributed by atoms with van der Waals surface area (Å²) in [4.78, 5) is 0.210. The van der Waals surface area contributed by atoms with Crippen LogP contribution in [0.5, 0.6) is 17.2 Å². The molecule has 21 heavy (non-hydrogen) atoms. The second-order valence-electron chi connectivity index (χ2n) is 4.45. The SMILES string of the molecule is NC(=S)c1c(Cl)cccc1OCc1ccc2c(c1)OCO2. The van der Waals surface area contributed by atoms with E-state index in [-0.39, 0.29) is 11.8 Å². The van der Waals surface area contributed by atoms with Gasteiger partial charge in [0.25, 0.3) is 0 Å². The standard InChI is InChI=1S/C15H12ClNO3S/c16-10-2-1-3-12(14(10)15(17)21)18-7-9-4-5-11-13(6-9)20-8-19-11/h1-6H,7-8H2,(H2,17,21). The first-order valence-electron chi connectivity index (χ1n) is 6.25. The molecule has 0 unspecified atom stereocenters. The average Bonchev–Trinajstić information content (AvgIpc) is 2.92. The van der Waals surface area contributed by atoms with Gasteiger partial charge in [-0.05, 0) is 29.8 Å². The molecule has 0 atom stereocenters. The third-order valence-corrected chi connectivity index (χ3v) is 3.57. The number of hydrogen-bond donors (Lipinski definition) is 1. The van der Waals surface area contributed by atoms with Gasteiger partial charge in [0, 0.05) is 0 Å². The van der Waals surface area contributed by atoms with Crippen LogP contribution in [0.15, 0.2) is 36.4 Å². The normalized spacial score (nSPS) is 12.2. The van der Waals surface area contributed by atoms with Crippen molar-refractivity contribution >= 4 is 28.8 Å². The molecular formula is C15H12ClNO3S. The fourth-order valence-corrected chi connectivity index (χ4v) is 2.59. The molecule has 1 heterocycles. The minimum Gasteiger partial charge on any atom is -0.488 e. The Morgan fingerprint density at radius 3 is 2.86 bits per heavy atom. The summed E-state index contributed by atoms with van der Waals surface area (Å²) in [6, 6.07) is 11.0. The molecule has 0 saturated heterocycles. The van der Waals surface area contributed by atoms with Crippen molar-refractivity contribution in [2.45, 2.75) is 6.61 Å². The van der Waals surface area contributed by atoms with Crippen molar-refractivity contribution in [3.8, 4) is 17.2 Å². The first-order chi connectivity index (χ1) is 10.1. The van der Waals surface area contributed by atoms with E-state index in [4.69, 9.17) is 43.8 Å². The lowest BCUT2D eigenvalue weighted by Gasteiger charge is -2.12. The molecule has 0 aromatic heterocycles. The number of fused-ring (bicyclic) bond motifs is 1. The van der Waals surface area contributed by atoms with Crippen molar-refractivity contribution in [2.24, 2.45) is 5.73 Å². The highest BCUT2D eigenvalue weighted by Gasteiger charge is 2.14. The predicted molar refractivity (Wildman–Crippen MR) is 84.2 cm³/mol. The molecule has 0 saturated carbocycles. The van der Waals surface area contributed by atoms with E-state index >= 15 is 0 Å². The van der Waals surface area contributed by atoms with Gasteiger partial charge in [0.05, 0.1) is 10.6 Å². The first kappa shape index (κ1) is 14.0. The number of hydrogen-bond acceptors (Lipinski definition) is 4. The van der Waals surface area contributed by atoms with E-state index in [1.54, 1.807) is 18.2 Å². The van der Waals surface area contributed by atoms with Crippen molar-refractivity contribution in [1.29, 1.82) is 0 Å². The van der Waals surface area contributed by atoms with E-state index in [1.165, 1.54) is 0 Å². The first-order valence-corrected chi connectivity index (χ1v) is 7.03. The van der Waals surface area contributed by atoms with Crippen LogP contribution in [0.4, 0.5) is 0 Å². The second-order valence-corrected chi connectivity index (χ2v) is 5.30. The topological polar surface area (TPSA) is 53.7 Å². The maximum Gasteiger partial charge on any atom is 0.231 e. The summed E-state index contributed by atoms with van der Waals surface area (Å²) in [5, 5.41) is 0.477. The third kappa shape index (κ3) is 2.89. The van der Waals surface area contributed by atoms with E-state index in [0.29, 0.717) is 22.9 Å². The van der Waals surface area contributed by atoms with Crippen molar-refractivity contribution in [1.82, 2.24) is 0 Å². The van der Waals surface area contributed by atoms with Crippen molar-refractivity contribution < 1.29 is 14.2 Å². The van der Waals surface area contributed by atoms with Crippen molar-refractivity contribution in [2.75, 3.05) is 6.79 Å². The highest BCUT2D eigenvalue weighted by atomic mass is 35.5. The number of rotatable bonds is 4. The molecular weight excluding hydrogens is 310 g/mol. The van der Waals surface area contributed by atoms with Crippen LogP contribution < -0.4 is 19.9 Å². The minimum atomic E-state index is 0.210. The van der Waals surface area contributed by atoms with Crippen LogP contribution in [0.1, 0.15) is 11.1 Å². The lowest BCUT2D eigenvalue weighted by molar-refractivity contribution is 0.174. The Kier molecular flexibility index (Phi) is 3.86. The van der Waals surface area contributed by atoms with Crippen LogP contribution in [0.2, 0.25) is 5.02 Å². The summed E-state index contributed by atoms with van der Waals surface area (Å²) in [6.07, 6.45) is 0. The molecule has 1 aliphatic heterocycles. The summed E-state index contributed by atoms with van der Waals surface area (Å²) in [6.45, 7) is 0.603. The lowest BCUT2D eigenvalue weighted by atomic mass is 10.2. The zero-order valence-electron chi connectivity index (χ0n) is 11.0. The average molecular weight is 322 g/mol. The summed E-state index contributed by atoms with van der Waals surface area (Å²) in [5.41, 5.74) is 7.19. The molecule has 108 valence electrons. The Labute approximate surface area is 132 Å². The van der Waals surface area contributed by atoms with Crippen LogP contribution >= 0.6 is 23.8 Å². The smallest absolute Gasteiger partial charge is 0.231 e. The van der Waals surface area contributed by atoms with Gasteiger partial charge in [-0.15, -0.1) is 0 Å². The van der Waals surface area contributed by atoms with Gasteiger partial charge in [-0.2, -0.15) is 0 Å². The van der Waals surface area contributed by atoms with Crippen LogP contribution in [0, 0.1) is 0 Å². The molecule has 0 bridgehead atoms. The van der Waals surface area contributed by atoms with Gasteiger partial charge in [0.15, 0.2) is 11.5 Å². The Balaban J connectivity index is 1.79. The van der Waals surface area contributed by atoms with E-state index in [1.807, 2.05) is 18.2 Å². The fraction of sp³-hybridized carbons (Fsp3) is 0.133. The molecule has 3 rings (SSSR count). The van der Waals surface area contributed by atoms with E-state index in [2.05, 4.69) is 0 Å². The molecule has 4 nitrogen and oxygen atoms in total. The monoisotopic (exact) mass is 321 g/mol. The van der Waals surface area contributed by atoms with Crippen molar-refractivity contribution in [3.63, 3.8) is 0 Å². The number of ether oxygens (including phenoxy) is 3. The fourth-order valence-electron chi connectivity index (χ4n) is 2.06. The molecule has 2 aromatic carbocycles. The molecule has 0 amide bonds. The quantitative estimate of drug-likeness (QED) is 0.876. The zero-order valence-corrected chi connectivity index (χ0v) is 12.5. The Bertz CT molecular complexity index is 705. The number of halogens is 1. The highest BCUT2D eigenvalue weighted by molar-refractivity contribution is 7.80. The summed E-state index contributed by atoms with van der Waals surface area (Å²) < 4.78 is 16.4. The summed E-state index contributed by atoms with van der Waals surface area (Å²) in [7, 11) is 0. The molecule has 0 spiro atoms. The number of thiocarbonyl (C=S) groups is 1. The van der Waals surface area contributed by atoms with Gasteiger partial charge < -0.3 is 19.9 Å².